The van der Waals surface area contributed by atoms with Gasteiger partial charge in [-0.15, -0.1) is 0 Å². The van der Waals surface area contributed by atoms with Gasteiger partial charge in [-0.2, -0.15) is 17.8 Å². The maximum absolute atomic E-state index is 13.3. The minimum atomic E-state index is -3.64. The number of aromatic nitrogens is 2. The Bertz CT molecular complexity index is 1250. The monoisotopic (exact) mass is 438 g/mol. The summed E-state index contributed by atoms with van der Waals surface area (Å²) in [4.78, 5) is 0. The average Bonchev–Trinajstić information content (AvgIpc) is 3.14. The highest BCUT2D eigenvalue weighted by molar-refractivity contribution is 7.90. The van der Waals surface area contributed by atoms with Crippen LogP contribution in [0.4, 0.5) is 10.1 Å². The molecule has 1 N–H and O–H groups in total. The van der Waals surface area contributed by atoms with Gasteiger partial charge in [0.25, 0.3) is 0 Å². The van der Waals surface area contributed by atoms with Crippen LogP contribution in [-0.4, -0.2) is 35.6 Å². The summed E-state index contributed by atoms with van der Waals surface area (Å²) in [6, 6.07) is 15.2. The summed E-state index contributed by atoms with van der Waals surface area (Å²) in [5, 5.41) is 4.52. The number of halogens is 1. The van der Waals surface area contributed by atoms with Crippen molar-refractivity contribution in [1.82, 2.24) is 14.1 Å². The molecule has 8 heteroatoms. The van der Waals surface area contributed by atoms with Crippen molar-refractivity contribution in [3.8, 4) is 5.69 Å². The molecule has 1 unspecified atom stereocenters. The highest BCUT2D eigenvalue weighted by Gasteiger charge is 2.42. The van der Waals surface area contributed by atoms with Crippen molar-refractivity contribution < 1.29 is 12.8 Å². The van der Waals surface area contributed by atoms with E-state index < -0.39 is 10.2 Å². The standard InChI is InChI=1S/C23H23FN4O2S/c1-23-14-17-15-25-28(21-9-7-19(24)8-10-21)22(17)13-18(23)11-12-27(16-23)31(29,30)26-20-5-3-2-4-6-20/h2-10,13,15,26H,11-12,14,16H2,1H3. The summed E-state index contributed by atoms with van der Waals surface area (Å²) in [6.45, 7) is 2.94. The molecule has 0 radical (unpaired) electrons. The Morgan fingerprint density at radius 3 is 2.58 bits per heavy atom. The van der Waals surface area contributed by atoms with Gasteiger partial charge in [0.1, 0.15) is 5.82 Å². The molecule has 6 nitrogen and oxygen atoms in total. The Kier molecular flexibility index (Phi) is 4.71. The first-order chi connectivity index (χ1) is 14.8. The van der Waals surface area contributed by atoms with E-state index in [-0.39, 0.29) is 11.2 Å². The van der Waals surface area contributed by atoms with Gasteiger partial charge in [0, 0.05) is 24.2 Å². The fraction of sp³-hybridized carbons (Fsp3) is 0.261. The first-order valence-electron chi connectivity index (χ1n) is 10.2. The first kappa shape index (κ1) is 20.0. The number of piperidine rings is 1. The SMILES string of the molecule is CC12Cc3cnn(-c4ccc(F)cc4)c3C=C1CCN(S(=O)(=O)Nc1ccccc1)C2. The summed E-state index contributed by atoms with van der Waals surface area (Å²) < 4.78 is 45.3. The van der Waals surface area contributed by atoms with Gasteiger partial charge in [-0.1, -0.05) is 30.7 Å². The normalized spacial score (nSPS) is 21.2. The van der Waals surface area contributed by atoms with Crippen molar-refractivity contribution >= 4 is 22.0 Å². The fourth-order valence-electron chi connectivity index (χ4n) is 4.51. The second-order valence-electron chi connectivity index (χ2n) is 8.41. The molecule has 1 aromatic heterocycles. The van der Waals surface area contributed by atoms with Crippen LogP contribution in [0.3, 0.4) is 0 Å². The van der Waals surface area contributed by atoms with Crippen LogP contribution in [0.25, 0.3) is 11.8 Å². The molecule has 0 amide bonds. The van der Waals surface area contributed by atoms with Gasteiger partial charge in [0.15, 0.2) is 0 Å². The molecular weight excluding hydrogens is 415 g/mol. The van der Waals surface area contributed by atoms with Crippen molar-refractivity contribution in [1.29, 1.82) is 0 Å². The topological polar surface area (TPSA) is 67.2 Å². The Hall–Kier alpha value is -2.97. The highest BCUT2D eigenvalue weighted by Crippen LogP contribution is 2.44. The van der Waals surface area contributed by atoms with E-state index in [2.05, 4.69) is 22.8 Å². The van der Waals surface area contributed by atoms with Crippen LogP contribution in [-0.2, 0) is 16.6 Å². The zero-order chi connectivity index (χ0) is 21.6. The third kappa shape index (κ3) is 3.66. The largest absolute Gasteiger partial charge is 0.301 e. The van der Waals surface area contributed by atoms with Gasteiger partial charge in [0.05, 0.1) is 17.6 Å². The minimum Gasteiger partial charge on any atom is -0.271 e. The summed E-state index contributed by atoms with van der Waals surface area (Å²) in [5.41, 5.74) is 4.32. The summed E-state index contributed by atoms with van der Waals surface area (Å²) in [6.07, 6.45) is 5.31. The molecule has 0 bridgehead atoms. The smallest absolute Gasteiger partial charge is 0.271 e. The van der Waals surface area contributed by atoms with Crippen molar-refractivity contribution in [2.75, 3.05) is 17.8 Å². The Morgan fingerprint density at radius 1 is 1.10 bits per heavy atom. The summed E-state index contributed by atoms with van der Waals surface area (Å²) in [5.74, 6) is -0.284. The number of para-hydroxylation sites is 1. The van der Waals surface area contributed by atoms with E-state index in [1.807, 2.05) is 16.9 Å². The lowest BCUT2D eigenvalue weighted by molar-refractivity contribution is 0.232. The molecule has 0 spiro atoms. The van der Waals surface area contributed by atoms with Crippen LogP contribution in [0.2, 0.25) is 0 Å². The molecule has 5 rings (SSSR count). The van der Waals surface area contributed by atoms with Gasteiger partial charge in [-0.05, 0) is 60.9 Å². The Labute approximate surface area is 181 Å². The number of nitrogens with one attached hydrogen (secondary N) is 1. The lowest BCUT2D eigenvalue weighted by Gasteiger charge is -2.43. The third-order valence-electron chi connectivity index (χ3n) is 6.14. The number of anilines is 1. The molecule has 1 atom stereocenters. The van der Waals surface area contributed by atoms with Crippen LogP contribution in [0.1, 0.15) is 24.6 Å². The van der Waals surface area contributed by atoms with Crippen LogP contribution in [0.5, 0.6) is 0 Å². The molecular formula is C23H23FN4O2S. The molecule has 31 heavy (non-hydrogen) atoms. The number of rotatable bonds is 4. The molecule has 1 saturated heterocycles. The molecule has 2 heterocycles. The van der Waals surface area contributed by atoms with Crippen molar-refractivity contribution in [3.05, 3.63) is 83.4 Å². The van der Waals surface area contributed by atoms with E-state index >= 15 is 0 Å². The maximum Gasteiger partial charge on any atom is 0.301 e. The van der Waals surface area contributed by atoms with Crippen LogP contribution < -0.4 is 4.72 Å². The van der Waals surface area contributed by atoms with Gasteiger partial charge in [-0.3, -0.25) is 4.72 Å². The first-order valence-corrected chi connectivity index (χ1v) is 11.6. The Morgan fingerprint density at radius 2 is 1.84 bits per heavy atom. The maximum atomic E-state index is 13.3. The van der Waals surface area contributed by atoms with E-state index in [4.69, 9.17) is 0 Å². The van der Waals surface area contributed by atoms with E-state index in [0.717, 1.165) is 16.9 Å². The number of nitrogens with zero attached hydrogens (tertiary/aromatic N) is 3. The lowest BCUT2D eigenvalue weighted by Crippen LogP contribution is -2.49. The number of hydrogen-bond donors (Lipinski definition) is 1. The molecule has 1 aliphatic carbocycles. The van der Waals surface area contributed by atoms with Crippen LogP contribution in [0, 0.1) is 11.2 Å². The second kappa shape index (κ2) is 7.32. The van der Waals surface area contributed by atoms with Crippen LogP contribution >= 0.6 is 0 Å². The zero-order valence-corrected chi connectivity index (χ0v) is 17.9. The van der Waals surface area contributed by atoms with Crippen molar-refractivity contribution in [3.63, 3.8) is 0 Å². The fourth-order valence-corrected chi connectivity index (χ4v) is 5.86. The third-order valence-corrected chi connectivity index (χ3v) is 7.63. The molecule has 0 saturated carbocycles. The van der Waals surface area contributed by atoms with Gasteiger partial charge >= 0.3 is 10.2 Å². The second-order valence-corrected chi connectivity index (χ2v) is 10.1. The predicted octanol–water partition coefficient (Wildman–Crippen LogP) is 4.02. The summed E-state index contributed by atoms with van der Waals surface area (Å²) in [7, 11) is -3.64. The molecule has 2 aliphatic rings. The quantitative estimate of drug-likeness (QED) is 0.669. The molecule has 2 aromatic carbocycles. The minimum absolute atomic E-state index is 0.284. The van der Waals surface area contributed by atoms with E-state index in [9.17, 15) is 12.8 Å². The molecule has 160 valence electrons. The van der Waals surface area contributed by atoms with Crippen LogP contribution in [0.15, 0.2) is 66.4 Å². The molecule has 1 aliphatic heterocycles. The van der Waals surface area contributed by atoms with E-state index in [1.165, 1.54) is 22.0 Å². The number of benzene rings is 2. The predicted molar refractivity (Wildman–Crippen MR) is 118 cm³/mol. The van der Waals surface area contributed by atoms with E-state index in [1.54, 1.807) is 36.4 Å². The van der Waals surface area contributed by atoms with Gasteiger partial charge < -0.3 is 0 Å². The van der Waals surface area contributed by atoms with Gasteiger partial charge in [0.2, 0.25) is 0 Å². The van der Waals surface area contributed by atoms with Gasteiger partial charge in [-0.25, -0.2) is 9.07 Å². The highest BCUT2D eigenvalue weighted by atomic mass is 32.2. The van der Waals surface area contributed by atoms with Crippen molar-refractivity contribution in [2.24, 2.45) is 5.41 Å². The summed E-state index contributed by atoms with van der Waals surface area (Å²) >= 11 is 0. The lowest BCUT2D eigenvalue weighted by atomic mass is 9.70. The molecule has 1 fully saturated rings. The van der Waals surface area contributed by atoms with E-state index in [0.29, 0.717) is 31.6 Å². The van der Waals surface area contributed by atoms with Crippen molar-refractivity contribution in [2.45, 2.75) is 19.8 Å². The molecule has 3 aromatic rings. The Balaban J connectivity index is 1.41. The number of hydrogen-bond acceptors (Lipinski definition) is 3. The average molecular weight is 439 g/mol. The number of fused-ring (bicyclic) bond motifs is 2. The zero-order valence-electron chi connectivity index (χ0n) is 17.1.